The van der Waals surface area contributed by atoms with E-state index < -0.39 is 11.7 Å². The van der Waals surface area contributed by atoms with Gasteiger partial charge in [-0.3, -0.25) is 0 Å². The Hall–Kier alpha value is -2.74. The normalized spacial score (nSPS) is 11.5. The molecule has 3 aromatic rings. The largest absolute Gasteiger partial charge is 0.496 e. The molecule has 0 aliphatic rings. The van der Waals surface area contributed by atoms with Crippen LogP contribution in [0, 0.1) is 6.92 Å². The van der Waals surface area contributed by atoms with Crippen molar-refractivity contribution in [3.63, 3.8) is 0 Å². The van der Waals surface area contributed by atoms with Crippen molar-refractivity contribution in [2.24, 2.45) is 0 Å². The second kappa shape index (κ2) is 6.87. The molecule has 0 aliphatic heterocycles. The molecule has 9 heteroatoms. The van der Waals surface area contributed by atoms with E-state index >= 15 is 0 Å². The predicted octanol–water partition coefficient (Wildman–Crippen LogP) is 5.20. The van der Waals surface area contributed by atoms with Crippen LogP contribution in [0.2, 0.25) is 5.15 Å². The Labute approximate surface area is 152 Å². The molecule has 26 heavy (non-hydrogen) atoms. The van der Waals surface area contributed by atoms with Crippen molar-refractivity contribution in [1.29, 1.82) is 0 Å². The van der Waals surface area contributed by atoms with Crippen LogP contribution in [0.1, 0.15) is 11.3 Å². The Kier molecular flexibility index (Phi) is 4.78. The number of ether oxygens (including phenoxy) is 1. The maximum Gasteiger partial charge on any atom is 0.416 e. The number of H-pyrrole nitrogens is 1. The molecule has 2 N–H and O–H groups in total. The van der Waals surface area contributed by atoms with Crippen LogP contribution in [0.15, 0.2) is 36.5 Å². The number of benzene rings is 1. The second-order valence-corrected chi connectivity index (χ2v) is 5.90. The number of hydrogen-bond acceptors (Lipinski definition) is 4. The molecule has 0 saturated heterocycles. The van der Waals surface area contributed by atoms with Gasteiger partial charge in [0.25, 0.3) is 0 Å². The van der Waals surface area contributed by atoms with Crippen molar-refractivity contribution in [3.05, 3.63) is 52.9 Å². The Morgan fingerprint density at radius 3 is 2.58 bits per heavy atom. The summed E-state index contributed by atoms with van der Waals surface area (Å²) in [7, 11) is 1.50. The summed E-state index contributed by atoms with van der Waals surface area (Å²) in [4.78, 5) is 11.2. The number of imidazole rings is 1. The number of nitrogens with zero attached hydrogens (tertiary/aromatic N) is 2. The smallest absolute Gasteiger partial charge is 0.416 e. The molecule has 0 unspecified atom stereocenters. The fraction of sp³-hybridized carbons (Fsp3) is 0.176. The van der Waals surface area contributed by atoms with Crippen LogP contribution in [-0.2, 0) is 6.18 Å². The van der Waals surface area contributed by atoms with Gasteiger partial charge in [-0.15, -0.1) is 0 Å². The number of aromatic amines is 1. The Morgan fingerprint density at radius 2 is 1.96 bits per heavy atom. The van der Waals surface area contributed by atoms with E-state index in [2.05, 4.69) is 20.3 Å². The van der Waals surface area contributed by atoms with Gasteiger partial charge >= 0.3 is 6.18 Å². The molecular formula is C17H14ClF3N4O. The molecule has 0 spiro atoms. The molecule has 0 atom stereocenters. The van der Waals surface area contributed by atoms with Gasteiger partial charge in [0, 0.05) is 23.6 Å². The lowest BCUT2D eigenvalue weighted by atomic mass is 10.1. The molecular weight excluding hydrogens is 369 g/mol. The molecule has 0 aliphatic carbocycles. The predicted molar refractivity (Wildman–Crippen MR) is 92.8 cm³/mol. The zero-order chi connectivity index (χ0) is 18.9. The SMILES string of the molecule is COc1cc(Nc2cc(C(F)(F)F)cc(Cl)n2)ccc1-c1ncc(C)[nH]1. The van der Waals surface area contributed by atoms with Crippen LogP contribution in [0.3, 0.4) is 0 Å². The summed E-state index contributed by atoms with van der Waals surface area (Å²) >= 11 is 5.70. The van der Waals surface area contributed by atoms with Gasteiger partial charge in [0.05, 0.1) is 18.2 Å². The number of aryl methyl sites for hydroxylation is 1. The maximum absolute atomic E-state index is 12.9. The molecule has 0 bridgehead atoms. The number of alkyl halides is 3. The molecule has 3 rings (SSSR count). The van der Waals surface area contributed by atoms with E-state index in [1.54, 1.807) is 24.4 Å². The molecule has 1 aromatic carbocycles. The first-order chi connectivity index (χ1) is 12.3. The monoisotopic (exact) mass is 382 g/mol. The van der Waals surface area contributed by atoms with E-state index in [1.807, 2.05) is 6.92 Å². The first-order valence-electron chi connectivity index (χ1n) is 7.48. The molecule has 2 aromatic heterocycles. The highest BCUT2D eigenvalue weighted by Gasteiger charge is 2.31. The fourth-order valence-corrected chi connectivity index (χ4v) is 2.60. The minimum Gasteiger partial charge on any atom is -0.496 e. The quantitative estimate of drug-likeness (QED) is 0.608. The van der Waals surface area contributed by atoms with Gasteiger partial charge in [-0.1, -0.05) is 11.6 Å². The third-order valence-corrected chi connectivity index (χ3v) is 3.75. The summed E-state index contributed by atoms with van der Waals surface area (Å²) in [5.74, 6) is 1.11. The topological polar surface area (TPSA) is 62.8 Å². The number of halogens is 4. The highest BCUT2D eigenvalue weighted by Crippen LogP contribution is 2.34. The number of methoxy groups -OCH3 is 1. The van der Waals surface area contributed by atoms with E-state index in [9.17, 15) is 13.2 Å². The Morgan fingerprint density at radius 1 is 1.19 bits per heavy atom. The minimum atomic E-state index is -4.51. The van der Waals surface area contributed by atoms with E-state index in [1.165, 1.54) is 7.11 Å². The molecule has 0 amide bonds. The Balaban J connectivity index is 1.93. The maximum atomic E-state index is 12.9. The second-order valence-electron chi connectivity index (χ2n) is 5.52. The zero-order valence-electron chi connectivity index (χ0n) is 13.8. The molecule has 2 heterocycles. The van der Waals surface area contributed by atoms with E-state index in [0.717, 1.165) is 23.4 Å². The van der Waals surface area contributed by atoms with Crippen molar-refractivity contribution >= 4 is 23.1 Å². The summed E-state index contributed by atoms with van der Waals surface area (Å²) in [6, 6.07) is 6.74. The number of anilines is 2. The third-order valence-electron chi connectivity index (χ3n) is 3.55. The summed E-state index contributed by atoms with van der Waals surface area (Å²) in [5, 5.41) is 2.56. The van der Waals surface area contributed by atoms with Crippen molar-refractivity contribution in [1.82, 2.24) is 15.0 Å². The van der Waals surface area contributed by atoms with Crippen molar-refractivity contribution in [2.45, 2.75) is 13.1 Å². The van der Waals surface area contributed by atoms with Gasteiger partial charge < -0.3 is 15.0 Å². The molecule has 0 radical (unpaired) electrons. The van der Waals surface area contributed by atoms with Crippen molar-refractivity contribution < 1.29 is 17.9 Å². The fourth-order valence-electron chi connectivity index (χ4n) is 2.39. The van der Waals surface area contributed by atoms with Crippen LogP contribution >= 0.6 is 11.6 Å². The van der Waals surface area contributed by atoms with Crippen LogP contribution in [-0.4, -0.2) is 22.1 Å². The van der Waals surface area contributed by atoms with E-state index in [0.29, 0.717) is 17.3 Å². The lowest BCUT2D eigenvalue weighted by Crippen LogP contribution is -2.06. The summed E-state index contributed by atoms with van der Waals surface area (Å²) < 4.78 is 44.1. The summed E-state index contributed by atoms with van der Waals surface area (Å²) in [5.41, 5.74) is 1.24. The lowest BCUT2D eigenvalue weighted by Gasteiger charge is -2.13. The number of nitrogens with one attached hydrogen (secondary N) is 2. The van der Waals surface area contributed by atoms with Gasteiger partial charge in [0.15, 0.2) is 0 Å². The lowest BCUT2D eigenvalue weighted by molar-refractivity contribution is -0.137. The summed E-state index contributed by atoms with van der Waals surface area (Å²) in [6.07, 6.45) is -2.82. The van der Waals surface area contributed by atoms with Crippen LogP contribution in [0.4, 0.5) is 24.7 Å². The standard InChI is InChI=1S/C17H14ClF3N4O/c1-9-8-22-16(23-9)12-4-3-11(7-13(12)26-2)24-15-6-10(17(19,20)21)5-14(18)25-15/h3-8H,1-2H3,(H,22,23)(H,24,25). The van der Waals surface area contributed by atoms with Crippen LogP contribution in [0.5, 0.6) is 5.75 Å². The number of hydrogen-bond donors (Lipinski definition) is 2. The number of aromatic nitrogens is 3. The van der Waals surface area contributed by atoms with E-state index in [4.69, 9.17) is 16.3 Å². The highest BCUT2D eigenvalue weighted by molar-refractivity contribution is 6.29. The van der Waals surface area contributed by atoms with Gasteiger partial charge in [0.2, 0.25) is 0 Å². The average molecular weight is 383 g/mol. The zero-order valence-corrected chi connectivity index (χ0v) is 14.5. The van der Waals surface area contributed by atoms with Gasteiger partial charge in [-0.05, 0) is 31.2 Å². The first kappa shape index (κ1) is 18.1. The minimum absolute atomic E-state index is 0.0199. The third kappa shape index (κ3) is 3.91. The van der Waals surface area contributed by atoms with Gasteiger partial charge in [-0.25, -0.2) is 9.97 Å². The highest BCUT2D eigenvalue weighted by atomic mass is 35.5. The number of pyridine rings is 1. The van der Waals surface area contributed by atoms with Crippen molar-refractivity contribution in [3.8, 4) is 17.1 Å². The first-order valence-corrected chi connectivity index (χ1v) is 7.86. The summed E-state index contributed by atoms with van der Waals surface area (Å²) in [6.45, 7) is 1.88. The van der Waals surface area contributed by atoms with Gasteiger partial charge in [0.1, 0.15) is 22.5 Å². The molecule has 136 valence electrons. The van der Waals surface area contributed by atoms with Crippen LogP contribution < -0.4 is 10.1 Å². The Bertz CT molecular complexity index is 940. The van der Waals surface area contributed by atoms with Crippen LogP contribution in [0.25, 0.3) is 11.4 Å². The molecule has 0 saturated carbocycles. The number of rotatable bonds is 4. The van der Waals surface area contributed by atoms with E-state index in [-0.39, 0.29) is 11.0 Å². The van der Waals surface area contributed by atoms with Crippen molar-refractivity contribution in [2.75, 3.05) is 12.4 Å². The average Bonchev–Trinajstić information content (AvgIpc) is 2.99. The van der Waals surface area contributed by atoms with Gasteiger partial charge in [-0.2, -0.15) is 13.2 Å². The molecule has 0 fully saturated rings. The molecule has 5 nitrogen and oxygen atoms in total.